The van der Waals surface area contributed by atoms with Gasteiger partial charge in [-0.1, -0.05) is 0 Å². The summed E-state index contributed by atoms with van der Waals surface area (Å²) >= 11 is 0. The monoisotopic (exact) mass is 332 g/mol. The van der Waals surface area contributed by atoms with Crippen molar-refractivity contribution in [2.75, 3.05) is 13.2 Å². The Hall–Kier alpha value is -1.24. The van der Waals surface area contributed by atoms with E-state index in [0.29, 0.717) is 25.2 Å². The summed E-state index contributed by atoms with van der Waals surface area (Å²) in [4.78, 5) is 23.4. The van der Waals surface area contributed by atoms with E-state index in [9.17, 15) is 23.5 Å². The molecule has 4 fully saturated rings. The second-order valence-corrected chi connectivity index (χ2v) is 7.63. The molecule has 4 rings (SSSR count). The molecular weight excluding hydrogens is 310 g/mol. The van der Waals surface area contributed by atoms with Crippen LogP contribution >= 0.6 is 0 Å². The first-order valence-corrected chi connectivity index (χ1v) is 8.07. The number of esters is 2. The molecule has 4 saturated carbocycles. The number of hydrogen-bond acceptors (Lipinski definition) is 5. The number of hydrogen-bond donors (Lipinski definition) is 1. The summed E-state index contributed by atoms with van der Waals surface area (Å²) in [5, 5.41) is 10.6. The van der Waals surface area contributed by atoms with E-state index < -0.39 is 28.9 Å². The van der Waals surface area contributed by atoms with E-state index in [2.05, 4.69) is 4.74 Å². The van der Waals surface area contributed by atoms with Crippen LogP contribution in [-0.2, 0) is 19.1 Å². The van der Waals surface area contributed by atoms with Gasteiger partial charge < -0.3 is 14.6 Å². The number of ether oxygens (including phenoxy) is 2. The van der Waals surface area contributed by atoms with Gasteiger partial charge in [-0.3, -0.25) is 4.79 Å². The Bertz CT molecular complexity index is 499. The second-order valence-electron chi connectivity index (χ2n) is 7.63. The molecule has 0 heterocycles. The van der Waals surface area contributed by atoms with Crippen LogP contribution in [0.1, 0.15) is 45.4 Å². The van der Waals surface area contributed by atoms with Crippen molar-refractivity contribution in [1.29, 1.82) is 0 Å². The molecule has 0 aliphatic heterocycles. The summed E-state index contributed by atoms with van der Waals surface area (Å²) in [5.41, 5.74) is -1.42. The van der Waals surface area contributed by atoms with Crippen molar-refractivity contribution in [2.45, 2.75) is 57.0 Å². The van der Waals surface area contributed by atoms with Crippen LogP contribution in [0.5, 0.6) is 0 Å². The van der Waals surface area contributed by atoms with Gasteiger partial charge in [-0.25, -0.2) is 4.79 Å². The van der Waals surface area contributed by atoms with Gasteiger partial charge in [0.25, 0.3) is 0 Å². The van der Waals surface area contributed by atoms with E-state index in [0.717, 1.165) is 32.1 Å². The minimum Gasteiger partial charge on any atom is -0.462 e. The maximum absolute atomic E-state index is 12.6. The summed E-state index contributed by atoms with van der Waals surface area (Å²) < 4.78 is 34.8. The van der Waals surface area contributed by atoms with Crippen LogP contribution < -0.4 is 0 Å². The quantitative estimate of drug-likeness (QED) is 0.616. The van der Waals surface area contributed by atoms with Gasteiger partial charge in [0.05, 0.1) is 11.0 Å². The van der Waals surface area contributed by atoms with Gasteiger partial charge in [0.1, 0.15) is 13.2 Å². The minimum atomic E-state index is -3.55. The lowest BCUT2D eigenvalue weighted by Crippen LogP contribution is -2.58. The standard InChI is InChI=1S/C16H22F2O5/c1-14(17,18)12(19)22-2-3-23-13(20)15-5-10-4-11(6-15)8-16(21,7-10)9-15/h10-11,21H,2-9H2,1H3. The van der Waals surface area contributed by atoms with E-state index in [1.165, 1.54) is 0 Å². The average Bonchev–Trinajstić information content (AvgIpc) is 2.39. The van der Waals surface area contributed by atoms with Gasteiger partial charge in [-0.2, -0.15) is 8.78 Å². The number of carbonyl (C=O) groups excluding carboxylic acids is 2. The Kier molecular flexibility index (Phi) is 3.90. The van der Waals surface area contributed by atoms with Crippen LogP contribution in [0, 0.1) is 17.3 Å². The molecule has 4 aliphatic carbocycles. The van der Waals surface area contributed by atoms with Gasteiger partial charge >= 0.3 is 17.9 Å². The number of halogens is 2. The highest BCUT2D eigenvalue weighted by Gasteiger charge is 2.60. The van der Waals surface area contributed by atoms with Crippen LogP contribution in [0.2, 0.25) is 0 Å². The predicted molar refractivity (Wildman–Crippen MR) is 74.6 cm³/mol. The van der Waals surface area contributed by atoms with Crippen molar-refractivity contribution in [3.8, 4) is 0 Å². The number of carbonyl (C=O) groups is 2. The molecule has 4 bridgehead atoms. The van der Waals surface area contributed by atoms with Gasteiger partial charge in [0, 0.05) is 6.92 Å². The van der Waals surface area contributed by atoms with Crippen molar-refractivity contribution < 1.29 is 33.0 Å². The molecule has 4 aliphatic rings. The first kappa shape index (κ1) is 16.6. The Morgan fingerprint density at radius 1 is 1.13 bits per heavy atom. The van der Waals surface area contributed by atoms with E-state index in [1.807, 2.05) is 0 Å². The molecule has 0 aromatic rings. The van der Waals surface area contributed by atoms with Crippen LogP contribution in [0.4, 0.5) is 8.78 Å². The maximum Gasteiger partial charge on any atom is 0.376 e. The molecule has 0 amide bonds. The lowest BCUT2D eigenvalue weighted by Gasteiger charge is -2.58. The summed E-state index contributed by atoms with van der Waals surface area (Å²) in [5.74, 6) is -4.87. The van der Waals surface area contributed by atoms with E-state index in [1.54, 1.807) is 0 Å². The summed E-state index contributed by atoms with van der Waals surface area (Å²) in [6.07, 6.45) is 4.41. The maximum atomic E-state index is 12.6. The van der Waals surface area contributed by atoms with Crippen LogP contribution in [-0.4, -0.2) is 41.8 Å². The Labute approximate surface area is 133 Å². The van der Waals surface area contributed by atoms with Gasteiger partial charge in [0.15, 0.2) is 0 Å². The smallest absolute Gasteiger partial charge is 0.376 e. The van der Waals surface area contributed by atoms with E-state index >= 15 is 0 Å². The molecule has 0 aromatic carbocycles. The van der Waals surface area contributed by atoms with Crippen molar-refractivity contribution in [3.63, 3.8) is 0 Å². The molecule has 0 radical (unpaired) electrons. The minimum absolute atomic E-state index is 0.240. The molecule has 0 spiro atoms. The zero-order chi connectivity index (χ0) is 16.9. The molecule has 2 unspecified atom stereocenters. The third kappa shape index (κ3) is 3.20. The van der Waals surface area contributed by atoms with Crippen molar-refractivity contribution in [1.82, 2.24) is 0 Å². The van der Waals surface area contributed by atoms with Crippen molar-refractivity contribution in [2.24, 2.45) is 17.3 Å². The highest BCUT2D eigenvalue weighted by Crippen LogP contribution is 2.61. The van der Waals surface area contributed by atoms with Crippen LogP contribution in [0.25, 0.3) is 0 Å². The number of rotatable bonds is 5. The largest absolute Gasteiger partial charge is 0.462 e. The summed E-state index contributed by atoms with van der Waals surface area (Å²) in [6.45, 7) is -0.172. The molecule has 5 nitrogen and oxygen atoms in total. The fourth-order valence-electron chi connectivity index (χ4n) is 5.00. The second kappa shape index (κ2) is 5.40. The van der Waals surface area contributed by atoms with Gasteiger partial charge in [-0.15, -0.1) is 0 Å². The number of alkyl halides is 2. The topological polar surface area (TPSA) is 72.8 Å². The zero-order valence-corrected chi connectivity index (χ0v) is 13.1. The molecule has 130 valence electrons. The highest BCUT2D eigenvalue weighted by molar-refractivity contribution is 5.78. The summed E-state index contributed by atoms with van der Waals surface area (Å²) in [7, 11) is 0. The lowest BCUT2D eigenvalue weighted by molar-refractivity contribution is -0.198. The molecule has 1 N–H and O–H groups in total. The van der Waals surface area contributed by atoms with Crippen LogP contribution in [0.15, 0.2) is 0 Å². The van der Waals surface area contributed by atoms with Crippen molar-refractivity contribution in [3.05, 3.63) is 0 Å². The third-order valence-corrected chi connectivity index (χ3v) is 5.37. The van der Waals surface area contributed by atoms with Crippen molar-refractivity contribution >= 4 is 11.9 Å². The average molecular weight is 332 g/mol. The SMILES string of the molecule is CC(F)(F)C(=O)OCCOC(=O)C12CC3CC(CC(O)(C3)C1)C2. The first-order valence-electron chi connectivity index (χ1n) is 8.07. The summed E-state index contributed by atoms with van der Waals surface area (Å²) in [6, 6.07) is 0. The van der Waals surface area contributed by atoms with Crippen LogP contribution in [0.3, 0.4) is 0 Å². The fraction of sp³-hybridized carbons (Fsp3) is 0.875. The van der Waals surface area contributed by atoms with Gasteiger partial charge in [0.2, 0.25) is 0 Å². The molecule has 7 heteroatoms. The molecule has 0 aromatic heterocycles. The molecular formula is C16H22F2O5. The Morgan fingerprint density at radius 2 is 1.70 bits per heavy atom. The van der Waals surface area contributed by atoms with Gasteiger partial charge in [-0.05, 0) is 50.4 Å². The molecule has 2 atom stereocenters. The van der Waals surface area contributed by atoms with E-state index in [4.69, 9.17) is 4.74 Å². The lowest BCUT2D eigenvalue weighted by atomic mass is 9.48. The Morgan fingerprint density at radius 3 is 2.22 bits per heavy atom. The zero-order valence-electron chi connectivity index (χ0n) is 13.1. The first-order chi connectivity index (χ1) is 10.6. The third-order valence-electron chi connectivity index (χ3n) is 5.37. The molecule has 0 saturated heterocycles. The molecule has 23 heavy (non-hydrogen) atoms. The predicted octanol–water partition coefficient (Wildman–Crippen LogP) is 2.06. The fourth-order valence-corrected chi connectivity index (χ4v) is 5.00. The normalized spacial score (nSPS) is 38.4. The highest BCUT2D eigenvalue weighted by atomic mass is 19.3. The number of aliphatic hydroxyl groups is 1. The Balaban J connectivity index is 1.52. The van der Waals surface area contributed by atoms with E-state index in [-0.39, 0.29) is 13.2 Å².